The van der Waals surface area contributed by atoms with E-state index in [2.05, 4.69) is 9.97 Å². The van der Waals surface area contributed by atoms with Crippen molar-refractivity contribution in [3.8, 4) is 5.75 Å². The van der Waals surface area contributed by atoms with E-state index in [0.29, 0.717) is 34.5 Å². The summed E-state index contributed by atoms with van der Waals surface area (Å²) in [5, 5.41) is 0. The first-order chi connectivity index (χ1) is 12.1. The quantitative estimate of drug-likeness (QED) is 0.559. The van der Waals surface area contributed by atoms with Gasteiger partial charge in [0.2, 0.25) is 0 Å². The molecule has 0 aliphatic heterocycles. The molecule has 0 aliphatic carbocycles. The maximum atomic E-state index is 12.6. The molecule has 0 amide bonds. The standard InChI is InChI=1S/C17H17FN4O2S.ClH/c18-7-12(8-19)10-24-13-3-1-2-11(6-13)9-22-14-4-5-20-15(14)16(23)21-17(22)25;/h1-7,20H,8-10,19H2,(H,21,23,25);1H/b12-7+;. The number of halogens is 2. The van der Waals surface area contributed by atoms with Gasteiger partial charge in [-0.3, -0.25) is 9.78 Å². The second-order valence-electron chi connectivity index (χ2n) is 5.49. The zero-order valence-corrected chi connectivity index (χ0v) is 15.3. The van der Waals surface area contributed by atoms with Crippen molar-refractivity contribution in [3.05, 3.63) is 69.1 Å². The Balaban J connectivity index is 0.00000243. The number of hydrogen-bond donors (Lipinski definition) is 3. The maximum absolute atomic E-state index is 12.6. The van der Waals surface area contributed by atoms with Crippen LogP contribution >= 0.6 is 24.6 Å². The van der Waals surface area contributed by atoms with Crippen LogP contribution in [0, 0.1) is 4.77 Å². The number of ether oxygens (including phenoxy) is 1. The summed E-state index contributed by atoms with van der Waals surface area (Å²) < 4.78 is 20.3. The fourth-order valence-corrected chi connectivity index (χ4v) is 2.74. The zero-order valence-electron chi connectivity index (χ0n) is 13.7. The lowest BCUT2D eigenvalue weighted by atomic mass is 10.2. The summed E-state index contributed by atoms with van der Waals surface area (Å²) >= 11 is 5.28. The van der Waals surface area contributed by atoms with Gasteiger partial charge in [0.05, 0.1) is 18.4 Å². The fourth-order valence-electron chi connectivity index (χ4n) is 2.49. The molecule has 9 heteroatoms. The minimum Gasteiger partial charge on any atom is -0.489 e. The van der Waals surface area contributed by atoms with E-state index in [1.165, 1.54) is 0 Å². The summed E-state index contributed by atoms with van der Waals surface area (Å²) in [6.45, 7) is 0.661. The predicted molar refractivity (Wildman–Crippen MR) is 104 cm³/mol. The average molecular weight is 397 g/mol. The number of aromatic amines is 2. The van der Waals surface area contributed by atoms with Crippen LogP contribution in [-0.4, -0.2) is 27.7 Å². The molecule has 6 nitrogen and oxygen atoms in total. The molecular formula is C17H18ClFN4O2S. The van der Waals surface area contributed by atoms with E-state index in [4.69, 9.17) is 22.7 Å². The van der Waals surface area contributed by atoms with Gasteiger partial charge in [-0.25, -0.2) is 4.39 Å². The smallest absolute Gasteiger partial charge is 0.276 e. The summed E-state index contributed by atoms with van der Waals surface area (Å²) in [7, 11) is 0. The molecular weight excluding hydrogens is 379 g/mol. The highest BCUT2D eigenvalue weighted by Gasteiger charge is 2.07. The molecule has 2 aromatic heterocycles. The lowest BCUT2D eigenvalue weighted by Gasteiger charge is -2.11. The summed E-state index contributed by atoms with van der Waals surface area (Å²) in [5.74, 6) is 0.603. The van der Waals surface area contributed by atoms with Crippen molar-refractivity contribution < 1.29 is 9.13 Å². The van der Waals surface area contributed by atoms with E-state index in [1.54, 1.807) is 18.3 Å². The van der Waals surface area contributed by atoms with Crippen LogP contribution in [0.4, 0.5) is 4.39 Å². The molecule has 0 fully saturated rings. The molecule has 0 bridgehead atoms. The monoisotopic (exact) mass is 396 g/mol. The molecule has 0 aliphatic rings. The number of hydrogen-bond acceptors (Lipinski definition) is 4. The third kappa shape index (κ3) is 4.21. The first-order valence-electron chi connectivity index (χ1n) is 7.62. The summed E-state index contributed by atoms with van der Waals surface area (Å²) in [4.78, 5) is 17.5. The number of benzene rings is 1. The number of fused-ring (bicyclic) bond motifs is 1. The number of nitrogens with two attached hydrogens (primary N) is 1. The van der Waals surface area contributed by atoms with Crippen molar-refractivity contribution in [3.63, 3.8) is 0 Å². The molecule has 3 aromatic rings. The molecule has 3 rings (SSSR count). The van der Waals surface area contributed by atoms with Gasteiger partial charge in [-0.1, -0.05) is 12.1 Å². The van der Waals surface area contributed by atoms with Gasteiger partial charge in [-0.15, -0.1) is 12.4 Å². The molecule has 0 atom stereocenters. The summed E-state index contributed by atoms with van der Waals surface area (Å²) in [5.41, 5.74) is 7.68. The average Bonchev–Trinajstić information content (AvgIpc) is 3.10. The Kier molecular flexibility index (Phi) is 6.73. The molecule has 138 valence electrons. The SMILES string of the molecule is Cl.NC/C(=C\F)COc1cccc(Cn2c(=S)[nH]c(=O)c3[nH]ccc32)c1. The number of aromatic nitrogens is 3. The molecule has 0 saturated carbocycles. The van der Waals surface area contributed by atoms with Gasteiger partial charge < -0.3 is 20.0 Å². The Bertz CT molecular complexity index is 1040. The predicted octanol–water partition coefficient (Wildman–Crippen LogP) is 3.05. The van der Waals surface area contributed by atoms with Crippen LogP contribution in [0.3, 0.4) is 0 Å². The second kappa shape index (κ2) is 8.79. The van der Waals surface area contributed by atoms with E-state index >= 15 is 0 Å². The van der Waals surface area contributed by atoms with Crippen LogP contribution in [0.15, 0.2) is 53.2 Å². The lowest BCUT2D eigenvalue weighted by molar-refractivity contribution is 0.347. The number of nitrogens with one attached hydrogen (secondary N) is 2. The highest BCUT2D eigenvalue weighted by molar-refractivity contribution is 7.71. The van der Waals surface area contributed by atoms with Gasteiger partial charge in [0.25, 0.3) is 5.56 Å². The molecule has 0 radical (unpaired) electrons. The Morgan fingerprint density at radius 2 is 2.19 bits per heavy atom. The van der Waals surface area contributed by atoms with Crippen LogP contribution in [0.1, 0.15) is 5.56 Å². The van der Waals surface area contributed by atoms with Crippen LogP contribution in [0.25, 0.3) is 11.0 Å². The van der Waals surface area contributed by atoms with E-state index in [9.17, 15) is 9.18 Å². The zero-order chi connectivity index (χ0) is 17.8. The van der Waals surface area contributed by atoms with Crippen molar-refractivity contribution in [2.24, 2.45) is 5.73 Å². The molecule has 0 unspecified atom stereocenters. The van der Waals surface area contributed by atoms with Gasteiger partial charge in [-0.2, -0.15) is 0 Å². The van der Waals surface area contributed by atoms with Crippen LogP contribution in [0.2, 0.25) is 0 Å². The molecule has 1 aromatic carbocycles. The van der Waals surface area contributed by atoms with Gasteiger partial charge >= 0.3 is 0 Å². The Labute approximate surface area is 159 Å². The molecule has 26 heavy (non-hydrogen) atoms. The maximum Gasteiger partial charge on any atom is 0.276 e. The van der Waals surface area contributed by atoms with Crippen LogP contribution < -0.4 is 16.0 Å². The number of H-pyrrole nitrogens is 2. The van der Waals surface area contributed by atoms with E-state index in [0.717, 1.165) is 11.1 Å². The second-order valence-corrected chi connectivity index (χ2v) is 5.88. The Morgan fingerprint density at radius 3 is 2.92 bits per heavy atom. The van der Waals surface area contributed by atoms with Crippen molar-refractivity contribution >= 4 is 35.7 Å². The Morgan fingerprint density at radius 1 is 1.38 bits per heavy atom. The Hall–Kier alpha value is -2.42. The number of rotatable bonds is 6. The van der Waals surface area contributed by atoms with E-state index in [1.807, 2.05) is 22.8 Å². The highest BCUT2D eigenvalue weighted by Crippen LogP contribution is 2.17. The van der Waals surface area contributed by atoms with Gasteiger partial charge in [-0.05, 0) is 36.0 Å². The fraction of sp³-hybridized carbons (Fsp3) is 0.176. The largest absolute Gasteiger partial charge is 0.489 e. The summed E-state index contributed by atoms with van der Waals surface area (Å²) in [6, 6.07) is 9.20. The first-order valence-corrected chi connectivity index (χ1v) is 8.03. The first kappa shape index (κ1) is 19.9. The van der Waals surface area contributed by atoms with Crippen molar-refractivity contribution in [2.45, 2.75) is 6.54 Å². The van der Waals surface area contributed by atoms with Crippen LogP contribution in [0.5, 0.6) is 5.75 Å². The lowest BCUT2D eigenvalue weighted by Crippen LogP contribution is -2.14. The molecule has 4 N–H and O–H groups in total. The van der Waals surface area contributed by atoms with Gasteiger partial charge in [0, 0.05) is 18.3 Å². The minimum atomic E-state index is -0.245. The third-order valence-corrected chi connectivity index (χ3v) is 4.11. The van der Waals surface area contributed by atoms with E-state index in [-0.39, 0.29) is 31.1 Å². The normalized spacial score (nSPS) is 11.4. The molecule has 0 saturated heterocycles. The van der Waals surface area contributed by atoms with Gasteiger partial charge in [0.1, 0.15) is 17.9 Å². The van der Waals surface area contributed by atoms with Crippen LogP contribution in [-0.2, 0) is 6.54 Å². The highest BCUT2D eigenvalue weighted by atomic mass is 35.5. The van der Waals surface area contributed by atoms with Crippen molar-refractivity contribution in [1.82, 2.24) is 14.5 Å². The summed E-state index contributed by atoms with van der Waals surface area (Å²) in [6.07, 6.45) is 2.16. The minimum absolute atomic E-state index is 0. The van der Waals surface area contributed by atoms with Crippen molar-refractivity contribution in [1.29, 1.82) is 0 Å². The third-order valence-electron chi connectivity index (χ3n) is 3.79. The topological polar surface area (TPSA) is 88.8 Å². The van der Waals surface area contributed by atoms with Crippen molar-refractivity contribution in [2.75, 3.05) is 13.2 Å². The van der Waals surface area contributed by atoms with Gasteiger partial charge in [0.15, 0.2) is 4.77 Å². The molecule has 2 heterocycles. The number of nitrogens with zero attached hydrogens (tertiary/aromatic N) is 1. The molecule has 0 spiro atoms. The van der Waals surface area contributed by atoms with E-state index < -0.39 is 0 Å².